The highest BCUT2D eigenvalue weighted by atomic mass is 15.1. The highest BCUT2D eigenvalue weighted by molar-refractivity contribution is 6.13. The summed E-state index contributed by atoms with van der Waals surface area (Å²) in [6.07, 6.45) is 8.40. The van der Waals surface area contributed by atoms with Gasteiger partial charge in [-0.1, -0.05) is 122 Å². The molecule has 2 heterocycles. The van der Waals surface area contributed by atoms with E-state index in [0.717, 1.165) is 33.7 Å². The molecule has 9 rings (SSSR count). The van der Waals surface area contributed by atoms with Gasteiger partial charge < -0.3 is 9.47 Å². The van der Waals surface area contributed by atoms with Crippen LogP contribution in [0, 0.1) is 0 Å². The smallest absolute Gasteiger partial charge is 0.0548 e. The van der Waals surface area contributed by atoms with E-state index in [1.54, 1.807) is 0 Å². The van der Waals surface area contributed by atoms with Crippen molar-refractivity contribution in [2.24, 2.45) is 0 Å². The van der Waals surface area contributed by atoms with E-state index in [-0.39, 0.29) is 0 Å². The molecule has 2 heteroatoms. The second-order valence-corrected chi connectivity index (χ2v) is 12.4. The Labute approximate surface area is 280 Å². The third kappa shape index (κ3) is 4.74. The molecule has 0 amide bonds. The van der Waals surface area contributed by atoms with Crippen LogP contribution in [0.2, 0.25) is 0 Å². The molecule has 8 aromatic rings. The van der Waals surface area contributed by atoms with Crippen molar-refractivity contribution in [1.29, 1.82) is 0 Å². The van der Waals surface area contributed by atoms with E-state index in [0.29, 0.717) is 0 Å². The molecular weight excluding hydrogens is 581 g/mol. The lowest BCUT2D eigenvalue weighted by Crippen LogP contribution is -2.11. The molecule has 48 heavy (non-hydrogen) atoms. The van der Waals surface area contributed by atoms with E-state index in [9.17, 15) is 0 Å². The minimum Gasteiger partial charge on any atom is -0.317 e. The van der Waals surface area contributed by atoms with Crippen molar-refractivity contribution in [2.75, 3.05) is 4.90 Å². The Bertz CT molecular complexity index is 2570. The molecule has 7 aromatic carbocycles. The molecule has 0 radical (unpaired) electrons. The summed E-state index contributed by atoms with van der Waals surface area (Å²) in [6, 6.07) is 56.9. The Morgan fingerprint density at radius 2 is 1.12 bits per heavy atom. The Balaban J connectivity index is 1.33. The van der Waals surface area contributed by atoms with E-state index >= 15 is 0 Å². The highest BCUT2D eigenvalue weighted by Crippen LogP contribution is 2.43. The fourth-order valence-electron chi connectivity index (χ4n) is 7.08. The van der Waals surface area contributed by atoms with Crippen LogP contribution in [-0.4, -0.2) is 4.57 Å². The van der Waals surface area contributed by atoms with Crippen LogP contribution in [-0.2, 0) is 0 Å². The van der Waals surface area contributed by atoms with Crippen molar-refractivity contribution in [1.82, 2.24) is 4.57 Å². The SMILES string of the molecule is C=C1/C=C\C=C/N(c2ccccc2)c2cc3c4cc(-c5cccc(-c6ccccc6)c5)ccc4n(-c4ccc5ccccc5c4)c3cc21. The maximum Gasteiger partial charge on any atom is 0.0548 e. The lowest BCUT2D eigenvalue weighted by Gasteiger charge is -2.25. The number of benzene rings is 7. The molecular formula is C46H32N2. The number of rotatable bonds is 4. The first-order chi connectivity index (χ1) is 23.7. The van der Waals surface area contributed by atoms with Gasteiger partial charge >= 0.3 is 0 Å². The van der Waals surface area contributed by atoms with Crippen LogP contribution in [0.1, 0.15) is 5.56 Å². The number of para-hydroxylation sites is 1. The first-order valence-electron chi connectivity index (χ1n) is 16.4. The van der Waals surface area contributed by atoms with E-state index in [2.05, 4.69) is 198 Å². The molecule has 0 saturated carbocycles. The molecule has 1 aliphatic heterocycles. The predicted molar refractivity (Wildman–Crippen MR) is 205 cm³/mol. The van der Waals surface area contributed by atoms with Crippen LogP contribution in [0.3, 0.4) is 0 Å². The minimum absolute atomic E-state index is 0.978. The summed E-state index contributed by atoms with van der Waals surface area (Å²) >= 11 is 0. The average molecular weight is 613 g/mol. The summed E-state index contributed by atoms with van der Waals surface area (Å²) in [5.41, 5.74) is 12.6. The monoisotopic (exact) mass is 612 g/mol. The van der Waals surface area contributed by atoms with Crippen LogP contribution in [0.25, 0.3) is 66.1 Å². The van der Waals surface area contributed by atoms with Gasteiger partial charge in [0.25, 0.3) is 0 Å². The Morgan fingerprint density at radius 1 is 0.438 bits per heavy atom. The summed E-state index contributed by atoms with van der Waals surface area (Å²) in [4.78, 5) is 2.27. The first kappa shape index (κ1) is 27.9. The molecule has 1 aliphatic rings. The van der Waals surface area contributed by atoms with Gasteiger partial charge in [0, 0.05) is 33.9 Å². The van der Waals surface area contributed by atoms with Crippen molar-refractivity contribution in [2.45, 2.75) is 0 Å². The van der Waals surface area contributed by atoms with Gasteiger partial charge in [-0.15, -0.1) is 0 Å². The summed E-state index contributed by atoms with van der Waals surface area (Å²) in [7, 11) is 0. The van der Waals surface area contributed by atoms with Gasteiger partial charge in [-0.3, -0.25) is 0 Å². The number of anilines is 2. The number of nitrogens with zero attached hydrogens (tertiary/aromatic N) is 2. The van der Waals surface area contributed by atoms with Gasteiger partial charge in [-0.2, -0.15) is 0 Å². The Kier molecular flexibility index (Phi) is 6.65. The molecule has 0 aliphatic carbocycles. The maximum absolute atomic E-state index is 4.52. The Hall–Kier alpha value is -6.38. The average Bonchev–Trinajstić information content (AvgIpc) is 3.47. The topological polar surface area (TPSA) is 8.17 Å². The van der Waals surface area contributed by atoms with Crippen LogP contribution in [0.15, 0.2) is 189 Å². The van der Waals surface area contributed by atoms with E-state index in [1.807, 2.05) is 0 Å². The summed E-state index contributed by atoms with van der Waals surface area (Å²) in [5, 5.41) is 4.86. The number of allylic oxidation sites excluding steroid dienone is 4. The second-order valence-electron chi connectivity index (χ2n) is 12.4. The maximum atomic E-state index is 4.52. The van der Waals surface area contributed by atoms with Crippen molar-refractivity contribution < 1.29 is 0 Å². The number of aromatic nitrogens is 1. The van der Waals surface area contributed by atoms with Crippen molar-refractivity contribution in [3.05, 3.63) is 194 Å². The zero-order chi connectivity index (χ0) is 32.0. The van der Waals surface area contributed by atoms with Crippen molar-refractivity contribution in [3.63, 3.8) is 0 Å². The standard InChI is InChI=1S/C46H32N2/c1-32-13-10-11-26-47(39-20-6-3-7-21-39)45-31-43-42-29-38(36-19-12-18-35(27-36)33-14-4-2-5-15-33)23-25-44(42)48(46(43)30-41(32)45)40-24-22-34-16-8-9-17-37(34)28-40/h2-31H,1H2/b13-10-,26-11-. The predicted octanol–water partition coefficient (Wildman–Crippen LogP) is 12.5. The fraction of sp³-hybridized carbons (Fsp3) is 0. The molecule has 0 atom stereocenters. The fourth-order valence-corrected chi connectivity index (χ4v) is 7.08. The van der Waals surface area contributed by atoms with Gasteiger partial charge in [-0.05, 0) is 99.3 Å². The minimum atomic E-state index is 0.978. The number of fused-ring (bicyclic) bond motifs is 5. The summed E-state index contributed by atoms with van der Waals surface area (Å²) in [6.45, 7) is 4.52. The third-order valence-electron chi connectivity index (χ3n) is 9.46. The molecule has 0 fully saturated rings. The molecule has 0 saturated heterocycles. The zero-order valence-electron chi connectivity index (χ0n) is 26.4. The lowest BCUT2D eigenvalue weighted by molar-refractivity contribution is 1.18. The van der Waals surface area contributed by atoms with E-state index in [1.165, 1.54) is 49.3 Å². The van der Waals surface area contributed by atoms with E-state index < -0.39 is 0 Å². The molecule has 1 aromatic heterocycles. The van der Waals surface area contributed by atoms with Crippen molar-refractivity contribution >= 4 is 49.5 Å². The van der Waals surface area contributed by atoms with E-state index in [4.69, 9.17) is 0 Å². The van der Waals surface area contributed by atoms with Gasteiger partial charge in [0.2, 0.25) is 0 Å². The summed E-state index contributed by atoms with van der Waals surface area (Å²) < 4.78 is 2.42. The zero-order valence-corrected chi connectivity index (χ0v) is 26.4. The largest absolute Gasteiger partial charge is 0.317 e. The molecule has 0 bridgehead atoms. The van der Waals surface area contributed by atoms with Crippen molar-refractivity contribution in [3.8, 4) is 27.9 Å². The molecule has 0 N–H and O–H groups in total. The quantitative estimate of drug-likeness (QED) is 0.192. The highest BCUT2D eigenvalue weighted by Gasteiger charge is 2.21. The van der Waals surface area contributed by atoms with Crippen LogP contribution >= 0.6 is 0 Å². The molecule has 0 spiro atoms. The number of hydrogen-bond acceptors (Lipinski definition) is 1. The Morgan fingerprint density at radius 3 is 1.96 bits per heavy atom. The lowest BCUT2D eigenvalue weighted by atomic mass is 9.97. The van der Waals surface area contributed by atoms with Crippen LogP contribution in [0.5, 0.6) is 0 Å². The first-order valence-corrected chi connectivity index (χ1v) is 16.4. The molecule has 226 valence electrons. The van der Waals surface area contributed by atoms with Gasteiger partial charge in [0.15, 0.2) is 0 Å². The third-order valence-corrected chi connectivity index (χ3v) is 9.46. The van der Waals surface area contributed by atoms with Crippen LogP contribution < -0.4 is 4.90 Å². The van der Waals surface area contributed by atoms with Crippen LogP contribution in [0.4, 0.5) is 11.4 Å². The summed E-state index contributed by atoms with van der Waals surface area (Å²) in [5.74, 6) is 0. The van der Waals surface area contributed by atoms with Gasteiger partial charge in [-0.25, -0.2) is 0 Å². The van der Waals surface area contributed by atoms with Gasteiger partial charge in [0.1, 0.15) is 0 Å². The van der Waals surface area contributed by atoms with Gasteiger partial charge in [0.05, 0.1) is 16.7 Å². The second kappa shape index (κ2) is 11.5. The molecule has 2 nitrogen and oxygen atoms in total. The number of hydrogen-bond donors (Lipinski definition) is 0. The molecule has 0 unspecified atom stereocenters. The normalized spacial score (nSPS) is 14.2.